The molecule has 0 radical (unpaired) electrons. The van der Waals surface area contributed by atoms with Crippen molar-refractivity contribution in [3.05, 3.63) is 59.7 Å². The molecule has 6 heteroatoms. The van der Waals surface area contributed by atoms with E-state index >= 15 is 0 Å². The fourth-order valence-electron chi connectivity index (χ4n) is 3.41. The van der Waals surface area contributed by atoms with E-state index in [1.165, 1.54) is 17.2 Å². The lowest BCUT2D eigenvalue weighted by atomic mass is 10.1. The predicted octanol–water partition coefficient (Wildman–Crippen LogP) is 2.65. The molecule has 0 fully saturated rings. The van der Waals surface area contributed by atoms with Crippen LogP contribution in [0, 0.1) is 0 Å². The Morgan fingerprint density at radius 2 is 1.84 bits per heavy atom. The second-order valence-electron chi connectivity index (χ2n) is 6.48. The molecule has 0 aliphatic heterocycles. The first-order chi connectivity index (χ1) is 11.9. The van der Waals surface area contributed by atoms with E-state index < -0.39 is 9.84 Å². The Kier molecular flexibility index (Phi) is 4.92. The van der Waals surface area contributed by atoms with Gasteiger partial charge in [-0.25, -0.2) is 8.42 Å². The van der Waals surface area contributed by atoms with E-state index in [1.54, 1.807) is 18.2 Å². The van der Waals surface area contributed by atoms with Gasteiger partial charge in [0.05, 0.1) is 17.1 Å². The molecule has 3 rings (SSSR count). The fourth-order valence-corrected chi connectivity index (χ4v) is 4.26. The quantitative estimate of drug-likeness (QED) is 0.892. The van der Waals surface area contributed by atoms with Gasteiger partial charge in [0.1, 0.15) is 0 Å². The highest BCUT2D eigenvalue weighted by Gasteiger charge is 2.26. The second-order valence-corrected chi connectivity index (χ2v) is 8.47. The highest BCUT2D eigenvalue weighted by Crippen LogP contribution is 2.34. The number of hydrogen-bond donors (Lipinski definition) is 1. The van der Waals surface area contributed by atoms with Crippen LogP contribution in [0.5, 0.6) is 0 Å². The minimum Gasteiger partial charge on any atom is -0.324 e. The third-order valence-corrected chi connectivity index (χ3v) is 5.74. The molecule has 0 saturated heterocycles. The largest absolute Gasteiger partial charge is 0.324 e. The smallest absolute Gasteiger partial charge is 0.238 e. The van der Waals surface area contributed by atoms with Crippen LogP contribution in [0.15, 0.2) is 53.4 Å². The van der Waals surface area contributed by atoms with Gasteiger partial charge in [0.2, 0.25) is 5.91 Å². The summed E-state index contributed by atoms with van der Waals surface area (Å²) in [6, 6.07) is 15.0. The summed E-state index contributed by atoms with van der Waals surface area (Å²) in [7, 11) is -1.47. The van der Waals surface area contributed by atoms with Gasteiger partial charge in [-0.2, -0.15) is 0 Å². The summed E-state index contributed by atoms with van der Waals surface area (Å²) in [5.41, 5.74) is 2.94. The molecular formula is C19H22N2O3S. The van der Waals surface area contributed by atoms with E-state index in [1.807, 2.05) is 24.1 Å². The van der Waals surface area contributed by atoms with E-state index in [0.29, 0.717) is 5.69 Å². The number of fused-ring (bicyclic) bond motifs is 1. The molecule has 0 saturated carbocycles. The van der Waals surface area contributed by atoms with Crippen molar-refractivity contribution >= 4 is 21.4 Å². The first-order valence-electron chi connectivity index (χ1n) is 8.23. The zero-order valence-corrected chi connectivity index (χ0v) is 15.2. The maximum absolute atomic E-state index is 12.4. The summed E-state index contributed by atoms with van der Waals surface area (Å²) in [4.78, 5) is 14.6. The molecular weight excluding hydrogens is 336 g/mol. The Hall–Kier alpha value is -2.18. The number of nitrogens with one attached hydrogen (secondary N) is 1. The highest BCUT2D eigenvalue weighted by atomic mass is 32.2. The molecule has 25 heavy (non-hydrogen) atoms. The Bertz CT molecular complexity index is 893. The number of para-hydroxylation sites is 1. The number of rotatable bonds is 5. The van der Waals surface area contributed by atoms with E-state index in [9.17, 15) is 13.2 Å². The monoisotopic (exact) mass is 358 g/mol. The third-order valence-electron chi connectivity index (χ3n) is 4.59. The SMILES string of the molecule is CN(CC(=O)Nc1ccccc1S(C)(=O)=O)[C@@H]1CCc2ccccc21. The van der Waals surface area contributed by atoms with Crippen LogP contribution in [0.1, 0.15) is 23.6 Å². The molecule has 0 unspecified atom stereocenters. The molecule has 0 heterocycles. The van der Waals surface area contributed by atoms with E-state index in [-0.39, 0.29) is 23.4 Å². The third kappa shape index (κ3) is 3.91. The zero-order chi connectivity index (χ0) is 18.0. The molecule has 1 N–H and O–H groups in total. The number of hydrogen-bond acceptors (Lipinski definition) is 4. The lowest BCUT2D eigenvalue weighted by Gasteiger charge is -2.24. The van der Waals surface area contributed by atoms with Crippen LogP contribution in [0.3, 0.4) is 0 Å². The van der Waals surface area contributed by atoms with Crippen molar-refractivity contribution in [2.75, 3.05) is 25.2 Å². The van der Waals surface area contributed by atoms with Crippen LogP contribution in [0.25, 0.3) is 0 Å². The molecule has 0 spiro atoms. The molecule has 1 atom stereocenters. The number of sulfone groups is 1. The molecule has 0 aromatic heterocycles. The molecule has 1 aliphatic carbocycles. The van der Waals surface area contributed by atoms with Crippen LogP contribution in [0.2, 0.25) is 0 Å². The number of carbonyl (C=O) groups is 1. The average Bonchev–Trinajstić information content (AvgIpc) is 2.98. The van der Waals surface area contributed by atoms with Gasteiger partial charge in [0.15, 0.2) is 9.84 Å². The van der Waals surface area contributed by atoms with Crippen LogP contribution in [-0.2, 0) is 21.1 Å². The maximum Gasteiger partial charge on any atom is 0.238 e. The van der Waals surface area contributed by atoms with Crippen molar-refractivity contribution in [3.63, 3.8) is 0 Å². The van der Waals surface area contributed by atoms with Crippen molar-refractivity contribution in [3.8, 4) is 0 Å². The highest BCUT2D eigenvalue weighted by molar-refractivity contribution is 7.90. The van der Waals surface area contributed by atoms with Crippen molar-refractivity contribution in [1.82, 2.24) is 4.90 Å². The number of nitrogens with zero attached hydrogens (tertiary/aromatic N) is 1. The van der Waals surface area contributed by atoms with Gasteiger partial charge in [-0.05, 0) is 43.1 Å². The number of likely N-dealkylation sites (N-methyl/N-ethyl adjacent to an activating group) is 1. The van der Waals surface area contributed by atoms with Crippen molar-refractivity contribution in [1.29, 1.82) is 0 Å². The van der Waals surface area contributed by atoms with Crippen LogP contribution < -0.4 is 5.32 Å². The summed E-state index contributed by atoms with van der Waals surface area (Å²) < 4.78 is 23.7. The predicted molar refractivity (Wildman–Crippen MR) is 98.3 cm³/mol. The Morgan fingerprint density at radius 1 is 1.16 bits per heavy atom. The fraction of sp³-hybridized carbons (Fsp3) is 0.316. The summed E-state index contributed by atoms with van der Waals surface area (Å²) in [6.45, 7) is 0.205. The molecule has 132 valence electrons. The lowest BCUT2D eigenvalue weighted by Crippen LogP contribution is -2.32. The number of amides is 1. The average molecular weight is 358 g/mol. The van der Waals surface area contributed by atoms with E-state index in [0.717, 1.165) is 19.1 Å². The molecule has 0 bridgehead atoms. The van der Waals surface area contributed by atoms with Crippen LogP contribution in [-0.4, -0.2) is 39.1 Å². The second kappa shape index (κ2) is 6.98. The zero-order valence-electron chi connectivity index (χ0n) is 14.4. The Labute approximate surface area is 148 Å². The number of benzene rings is 2. The van der Waals surface area contributed by atoms with Gasteiger partial charge in [-0.1, -0.05) is 36.4 Å². The summed E-state index contributed by atoms with van der Waals surface area (Å²) in [5, 5.41) is 2.74. The van der Waals surface area contributed by atoms with Crippen LogP contribution >= 0.6 is 0 Å². The van der Waals surface area contributed by atoms with Gasteiger partial charge in [-0.3, -0.25) is 9.69 Å². The number of anilines is 1. The first-order valence-corrected chi connectivity index (χ1v) is 10.1. The standard InChI is InChI=1S/C19H22N2O3S/c1-21(17-12-11-14-7-3-4-8-15(14)17)13-19(22)20-16-9-5-6-10-18(16)25(2,23)24/h3-10,17H,11-13H2,1-2H3,(H,20,22)/t17-/m1/s1. The first kappa shape index (κ1) is 17.6. The Balaban J connectivity index is 1.70. The summed E-state index contributed by atoms with van der Waals surface area (Å²) in [5.74, 6) is -0.219. The van der Waals surface area contributed by atoms with Crippen molar-refractivity contribution < 1.29 is 13.2 Å². The summed E-state index contributed by atoms with van der Waals surface area (Å²) >= 11 is 0. The Morgan fingerprint density at radius 3 is 2.60 bits per heavy atom. The van der Waals surface area contributed by atoms with Gasteiger partial charge < -0.3 is 5.32 Å². The van der Waals surface area contributed by atoms with Crippen molar-refractivity contribution in [2.45, 2.75) is 23.8 Å². The minimum atomic E-state index is -3.39. The van der Waals surface area contributed by atoms with Gasteiger partial charge in [0.25, 0.3) is 0 Å². The molecule has 2 aromatic carbocycles. The normalized spacial score (nSPS) is 16.7. The summed E-state index contributed by atoms with van der Waals surface area (Å²) in [6.07, 6.45) is 3.15. The van der Waals surface area contributed by atoms with Crippen molar-refractivity contribution in [2.24, 2.45) is 0 Å². The maximum atomic E-state index is 12.4. The topological polar surface area (TPSA) is 66.5 Å². The lowest BCUT2D eigenvalue weighted by molar-refractivity contribution is -0.117. The molecule has 1 amide bonds. The molecule has 5 nitrogen and oxygen atoms in total. The van der Waals surface area contributed by atoms with Crippen LogP contribution in [0.4, 0.5) is 5.69 Å². The molecule has 1 aliphatic rings. The van der Waals surface area contributed by atoms with E-state index in [2.05, 4.69) is 17.4 Å². The number of aryl methyl sites for hydroxylation is 1. The minimum absolute atomic E-state index is 0.136. The van der Waals surface area contributed by atoms with E-state index in [4.69, 9.17) is 0 Å². The van der Waals surface area contributed by atoms with Gasteiger partial charge >= 0.3 is 0 Å². The molecule has 2 aromatic rings. The van der Waals surface area contributed by atoms with Gasteiger partial charge in [-0.15, -0.1) is 0 Å². The van der Waals surface area contributed by atoms with Gasteiger partial charge in [0, 0.05) is 12.3 Å². The number of carbonyl (C=O) groups excluding carboxylic acids is 1.